The Morgan fingerprint density at radius 3 is 2.16 bits per heavy atom. The number of primary amides is 1. The fraction of sp³-hybridized carbons (Fsp3) is 0.591. The number of hydrogen-bond donors (Lipinski definition) is 12. The van der Waals surface area contributed by atoms with Crippen molar-refractivity contribution in [3.05, 3.63) is 29.8 Å². The molecule has 25 heteroatoms. The number of nitrogens with two attached hydrogens (primary N) is 3. The van der Waals surface area contributed by atoms with Gasteiger partial charge >= 0.3 is 17.9 Å². The summed E-state index contributed by atoms with van der Waals surface area (Å²) in [6.07, 6.45) is 0.0443. The van der Waals surface area contributed by atoms with Crippen LogP contribution in [0.25, 0.3) is 0 Å². The quantitative estimate of drug-likeness (QED) is 0.0167. The van der Waals surface area contributed by atoms with Gasteiger partial charge in [-0.3, -0.25) is 52.9 Å². The predicted molar refractivity (Wildman–Crippen MR) is 246 cm³/mol. The molecule has 0 spiro atoms. The van der Waals surface area contributed by atoms with Gasteiger partial charge in [-0.2, -0.15) is 0 Å². The Morgan fingerprint density at radius 2 is 1.52 bits per heavy atom. The number of rotatable bonds is 29. The van der Waals surface area contributed by atoms with Crippen molar-refractivity contribution in [3.63, 3.8) is 0 Å². The molecule has 0 radical (unpaired) electrons. The van der Waals surface area contributed by atoms with Gasteiger partial charge < -0.3 is 69.2 Å². The van der Waals surface area contributed by atoms with Crippen LogP contribution in [0.15, 0.2) is 29.3 Å². The van der Waals surface area contributed by atoms with E-state index in [9.17, 15) is 63.0 Å². The summed E-state index contributed by atoms with van der Waals surface area (Å²) in [4.78, 5) is 143. The number of anilines is 1. The Balaban J connectivity index is 1.99. The molecule has 382 valence electrons. The number of cyclic esters (lactones) is 1. The number of aliphatic imine (C=N–C) groups is 1. The van der Waals surface area contributed by atoms with Crippen LogP contribution < -0.4 is 49.1 Å². The number of aliphatic carboxylic acids is 2. The molecule has 0 saturated carbocycles. The molecule has 69 heavy (non-hydrogen) atoms. The van der Waals surface area contributed by atoms with Crippen molar-refractivity contribution in [1.82, 2.24) is 31.9 Å². The number of ether oxygens (including phenoxy) is 1. The lowest BCUT2D eigenvalue weighted by atomic mass is 9.94. The largest absolute Gasteiger partial charge is 0.481 e. The van der Waals surface area contributed by atoms with Crippen molar-refractivity contribution in [1.29, 1.82) is 0 Å². The van der Waals surface area contributed by atoms with Gasteiger partial charge in [0.05, 0.1) is 39.1 Å². The van der Waals surface area contributed by atoms with Gasteiger partial charge in [0.1, 0.15) is 24.2 Å². The van der Waals surface area contributed by atoms with Crippen molar-refractivity contribution in [2.24, 2.45) is 28.3 Å². The smallest absolute Gasteiger partial charge is 0.329 e. The first-order chi connectivity index (χ1) is 32.7. The highest BCUT2D eigenvalue weighted by Crippen LogP contribution is 2.19. The maximum Gasteiger partial charge on any atom is 0.329 e. The number of aliphatic hydroxyl groups excluding tert-OH is 1. The number of carbonyl (C=O) groups excluding carboxylic acids is 9. The number of Topliss-reactive ketones (excluding diaryl/α,β-unsaturated/α-hetero) is 2. The first kappa shape index (κ1) is 58.3. The van der Waals surface area contributed by atoms with E-state index in [2.05, 4.69) is 36.9 Å². The van der Waals surface area contributed by atoms with Gasteiger partial charge in [-0.15, -0.1) is 0 Å². The summed E-state index contributed by atoms with van der Waals surface area (Å²) in [6, 6.07) is 0.738. The number of aliphatic hydroxyl groups is 1. The predicted octanol–water partition coefficient (Wildman–Crippen LogP) is -2.80. The number of esters is 1. The molecule has 1 aliphatic rings. The average Bonchev–Trinajstić information content (AvgIpc) is 3.28. The van der Waals surface area contributed by atoms with Crippen LogP contribution in [0, 0.1) is 11.8 Å². The lowest BCUT2D eigenvalue weighted by molar-refractivity contribution is -0.147. The van der Waals surface area contributed by atoms with E-state index in [1.807, 2.05) is 6.92 Å². The third-order valence-corrected chi connectivity index (χ3v) is 10.8. The van der Waals surface area contributed by atoms with Gasteiger partial charge in [0.25, 0.3) is 0 Å². The van der Waals surface area contributed by atoms with Gasteiger partial charge in [-0.25, -0.2) is 4.79 Å². The van der Waals surface area contributed by atoms with Gasteiger partial charge in [-0.05, 0) is 63.1 Å². The van der Waals surface area contributed by atoms with E-state index in [-0.39, 0.29) is 101 Å². The molecule has 1 aromatic rings. The molecule has 6 amide bonds. The second-order valence-electron chi connectivity index (χ2n) is 16.5. The molecule has 0 aliphatic carbocycles. The molecule has 15 N–H and O–H groups in total. The van der Waals surface area contributed by atoms with Crippen molar-refractivity contribution >= 4 is 76.3 Å². The van der Waals surface area contributed by atoms with E-state index in [0.717, 1.165) is 0 Å². The second kappa shape index (κ2) is 31.2. The summed E-state index contributed by atoms with van der Waals surface area (Å²) in [5.74, 6) is -10.4. The zero-order chi connectivity index (χ0) is 51.5. The topological polar surface area (TPSA) is 420 Å². The third-order valence-electron chi connectivity index (χ3n) is 10.8. The summed E-state index contributed by atoms with van der Waals surface area (Å²) in [7, 11) is 0. The SMILES string of the molecule is CC1CCC(=NCC(=O)CCCC(CCCN)C(=O)NC(CC(=O)O)C(=O)NCC(=O)NC(CC(=O)O)C(=O)NCCNC(CO)C(N)=O)CCOC(=O)C(CC(=O)c2ccccc2N)NC(=O)C1. The minimum absolute atomic E-state index is 0.00178. The molecular formula is C44H66N10O15. The average molecular weight is 975 g/mol. The normalized spacial score (nSPS) is 17.8. The van der Waals surface area contributed by atoms with E-state index >= 15 is 0 Å². The van der Waals surface area contributed by atoms with Gasteiger partial charge in [0, 0.05) is 61.7 Å². The molecule has 1 fully saturated rings. The zero-order valence-corrected chi connectivity index (χ0v) is 38.6. The summed E-state index contributed by atoms with van der Waals surface area (Å²) >= 11 is 0. The van der Waals surface area contributed by atoms with E-state index in [1.165, 1.54) is 6.07 Å². The van der Waals surface area contributed by atoms with Crippen LogP contribution in [0.4, 0.5) is 5.69 Å². The number of nitrogens with one attached hydrogen (secondary N) is 6. The summed E-state index contributed by atoms with van der Waals surface area (Å²) in [6.45, 7) is 0.0365. The van der Waals surface area contributed by atoms with E-state index < -0.39 is 115 Å². The van der Waals surface area contributed by atoms with Crippen molar-refractivity contribution in [2.45, 2.75) is 108 Å². The Bertz CT molecular complexity index is 2020. The summed E-state index contributed by atoms with van der Waals surface area (Å²) in [5, 5.41) is 42.2. The molecule has 1 heterocycles. The number of nitrogens with zero attached hydrogens (tertiary/aromatic N) is 1. The van der Waals surface area contributed by atoms with Crippen LogP contribution in [0.2, 0.25) is 0 Å². The Morgan fingerprint density at radius 1 is 0.870 bits per heavy atom. The van der Waals surface area contributed by atoms with Gasteiger partial charge in [0.15, 0.2) is 11.6 Å². The highest BCUT2D eigenvalue weighted by atomic mass is 16.5. The van der Waals surface area contributed by atoms with Crippen LogP contribution in [-0.2, 0) is 52.7 Å². The maximum atomic E-state index is 13.5. The number of ketones is 2. The fourth-order valence-corrected chi connectivity index (χ4v) is 6.98. The Kier molecular flexibility index (Phi) is 26.4. The Hall–Kier alpha value is -6.86. The molecule has 6 atom stereocenters. The molecule has 2 rings (SSSR count). The van der Waals surface area contributed by atoms with Crippen LogP contribution in [0.3, 0.4) is 0 Å². The number of carboxylic acid groups (broad SMARTS) is 2. The number of carbonyl (C=O) groups is 11. The molecule has 1 aromatic carbocycles. The van der Waals surface area contributed by atoms with Crippen molar-refractivity contribution in [3.8, 4) is 0 Å². The minimum Gasteiger partial charge on any atom is -0.481 e. The minimum atomic E-state index is -1.67. The van der Waals surface area contributed by atoms with E-state index in [0.29, 0.717) is 25.0 Å². The lowest BCUT2D eigenvalue weighted by Crippen LogP contribution is -2.54. The molecular weight excluding hydrogens is 909 g/mol. The van der Waals surface area contributed by atoms with Crippen LogP contribution in [0.1, 0.15) is 94.3 Å². The van der Waals surface area contributed by atoms with Crippen LogP contribution >= 0.6 is 0 Å². The lowest BCUT2D eigenvalue weighted by Gasteiger charge is -2.22. The first-order valence-corrected chi connectivity index (χ1v) is 22.5. The van der Waals surface area contributed by atoms with Crippen molar-refractivity contribution in [2.75, 3.05) is 51.7 Å². The fourth-order valence-electron chi connectivity index (χ4n) is 6.98. The second-order valence-corrected chi connectivity index (χ2v) is 16.5. The third kappa shape index (κ3) is 23.1. The van der Waals surface area contributed by atoms with Crippen LogP contribution in [-0.4, -0.2) is 156 Å². The molecule has 25 nitrogen and oxygen atoms in total. The molecule has 1 aliphatic heterocycles. The van der Waals surface area contributed by atoms with Crippen molar-refractivity contribution < 1.29 is 72.8 Å². The standard InChI is InChI=1S/C44H66N10O15/c1-25-11-12-27(13-17-69-44(68)33(53-36(58)18-25)19-35(57)29-9-2-3-10-30(29)46)50-22-28(56)8-4-6-26(7-5-14-45)41(65)54-32(21-39(62)63)43(67)51-23-37(59)52-31(20-38(60)61)42(66)49-16-15-48-34(24-55)40(47)64/h2-3,9-10,25-26,31-34,48,55H,4-8,11-24,45-46H2,1H3,(H2,47,64)(H,49,66)(H,51,67)(H,52,59)(H,53,58)(H,54,65)(H,60,61)(H,62,63). The highest BCUT2D eigenvalue weighted by molar-refractivity contribution is 6.03. The number of carboxylic acids is 2. The molecule has 1 saturated heterocycles. The molecule has 6 unspecified atom stereocenters. The number of para-hydroxylation sites is 1. The number of nitrogen functional groups attached to an aromatic ring is 1. The van der Waals surface area contributed by atoms with Crippen LogP contribution in [0.5, 0.6) is 0 Å². The molecule has 0 bridgehead atoms. The van der Waals surface area contributed by atoms with Gasteiger partial charge in [-0.1, -0.05) is 19.1 Å². The summed E-state index contributed by atoms with van der Waals surface area (Å²) < 4.78 is 5.43. The summed E-state index contributed by atoms with van der Waals surface area (Å²) in [5.41, 5.74) is 17.8. The zero-order valence-electron chi connectivity index (χ0n) is 38.6. The molecule has 0 aromatic heterocycles. The Labute approximate surface area is 398 Å². The number of amides is 6. The first-order valence-electron chi connectivity index (χ1n) is 22.5. The monoisotopic (exact) mass is 974 g/mol. The number of benzene rings is 1. The van der Waals surface area contributed by atoms with E-state index in [4.69, 9.17) is 27.0 Å². The highest BCUT2D eigenvalue weighted by Gasteiger charge is 2.30. The number of hydrogen-bond acceptors (Lipinski definition) is 17. The van der Waals surface area contributed by atoms with Gasteiger partial charge in [0.2, 0.25) is 35.4 Å². The van der Waals surface area contributed by atoms with E-state index in [1.54, 1.807) is 18.2 Å². The maximum absolute atomic E-state index is 13.5.